The predicted octanol–water partition coefficient (Wildman–Crippen LogP) is 3.79. The first kappa shape index (κ1) is 22.4. The zero-order chi connectivity index (χ0) is 22.2. The van der Waals surface area contributed by atoms with Crippen LogP contribution in [-0.2, 0) is 11.3 Å². The highest BCUT2D eigenvalue weighted by Crippen LogP contribution is 2.27. The number of hydrogen-bond donors (Lipinski definition) is 2. The summed E-state index contributed by atoms with van der Waals surface area (Å²) in [5.41, 5.74) is 1.46. The van der Waals surface area contributed by atoms with Gasteiger partial charge in [0, 0.05) is 49.9 Å². The summed E-state index contributed by atoms with van der Waals surface area (Å²) in [5, 5.41) is 5.76. The number of ether oxygens (including phenoxy) is 2. The number of methoxy groups -OCH3 is 2. The van der Waals surface area contributed by atoms with Crippen molar-refractivity contribution in [3.05, 3.63) is 53.8 Å². The summed E-state index contributed by atoms with van der Waals surface area (Å²) in [5.74, 6) is 1.10. The first-order valence-corrected chi connectivity index (χ1v) is 10.3. The largest absolute Gasteiger partial charge is 0.497 e. The van der Waals surface area contributed by atoms with Gasteiger partial charge in [0.25, 0.3) is 0 Å². The Morgan fingerprint density at radius 2 is 1.65 bits per heavy atom. The van der Waals surface area contributed by atoms with Crippen LogP contribution in [0, 0.1) is 11.7 Å². The minimum Gasteiger partial charge on any atom is -0.497 e. The summed E-state index contributed by atoms with van der Waals surface area (Å²) in [6, 6.07) is 11.1. The van der Waals surface area contributed by atoms with Crippen LogP contribution in [0.15, 0.2) is 42.5 Å². The average Bonchev–Trinajstić information content (AvgIpc) is 2.78. The molecule has 3 rings (SSSR count). The van der Waals surface area contributed by atoms with E-state index in [0.717, 1.165) is 18.4 Å². The van der Waals surface area contributed by atoms with Crippen molar-refractivity contribution in [2.75, 3.05) is 32.6 Å². The quantitative estimate of drug-likeness (QED) is 0.702. The van der Waals surface area contributed by atoms with Crippen molar-refractivity contribution in [2.45, 2.75) is 25.8 Å². The number of amides is 3. The summed E-state index contributed by atoms with van der Waals surface area (Å²) in [4.78, 5) is 26.6. The van der Waals surface area contributed by atoms with Crippen LogP contribution in [0.25, 0.3) is 0 Å². The third-order valence-corrected chi connectivity index (χ3v) is 5.38. The molecule has 3 amide bonds. The van der Waals surface area contributed by atoms with E-state index in [1.54, 1.807) is 49.5 Å². The number of carbonyl (C=O) groups excluding carboxylic acids is 2. The number of nitrogens with one attached hydrogen (secondary N) is 2. The molecule has 2 N–H and O–H groups in total. The number of carbonyl (C=O) groups is 2. The first-order valence-electron chi connectivity index (χ1n) is 10.3. The summed E-state index contributed by atoms with van der Waals surface area (Å²) >= 11 is 0. The van der Waals surface area contributed by atoms with E-state index in [0.29, 0.717) is 43.2 Å². The fraction of sp³-hybridized carbons (Fsp3) is 0.391. The Labute approximate surface area is 181 Å². The molecule has 2 aromatic carbocycles. The number of piperidine rings is 1. The van der Waals surface area contributed by atoms with Crippen molar-refractivity contribution >= 4 is 17.6 Å². The maximum Gasteiger partial charge on any atom is 0.321 e. The smallest absolute Gasteiger partial charge is 0.321 e. The Kier molecular flexibility index (Phi) is 7.70. The predicted molar refractivity (Wildman–Crippen MR) is 116 cm³/mol. The van der Waals surface area contributed by atoms with Crippen molar-refractivity contribution in [3.8, 4) is 11.5 Å². The van der Waals surface area contributed by atoms with Crippen molar-refractivity contribution in [1.29, 1.82) is 0 Å². The average molecular weight is 429 g/mol. The zero-order valence-corrected chi connectivity index (χ0v) is 17.8. The third kappa shape index (κ3) is 6.60. The second-order valence-electron chi connectivity index (χ2n) is 7.57. The van der Waals surface area contributed by atoms with E-state index in [9.17, 15) is 14.0 Å². The molecular formula is C23H28FN3O4. The van der Waals surface area contributed by atoms with E-state index in [4.69, 9.17) is 9.47 Å². The van der Waals surface area contributed by atoms with E-state index in [-0.39, 0.29) is 23.7 Å². The summed E-state index contributed by atoms with van der Waals surface area (Å²) in [6.07, 6.45) is 1.95. The molecule has 1 fully saturated rings. The van der Waals surface area contributed by atoms with Gasteiger partial charge in [-0.25, -0.2) is 9.18 Å². The molecule has 0 aromatic heterocycles. The number of urea groups is 1. The second kappa shape index (κ2) is 10.7. The number of hydrogen-bond acceptors (Lipinski definition) is 4. The van der Waals surface area contributed by atoms with Gasteiger partial charge in [-0.05, 0) is 36.5 Å². The van der Waals surface area contributed by atoms with Gasteiger partial charge < -0.3 is 25.0 Å². The first-order chi connectivity index (χ1) is 15.0. The van der Waals surface area contributed by atoms with Crippen LogP contribution in [0.3, 0.4) is 0 Å². The number of likely N-dealkylation sites (tertiary alicyclic amines) is 1. The molecule has 1 saturated heterocycles. The standard InChI is InChI=1S/C23H28FN3O4/c1-30-20-12-19(13-21(14-20)31-2)26-23(29)27-9-7-16(8-10-27)11-22(28)25-15-17-3-5-18(24)6-4-17/h3-6,12-14,16H,7-11,15H2,1-2H3,(H,25,28)(H,26,29). The van der Waals surface area contributed by atoms with Crippen molar-refractivity contribution in [1.82, 2.24) is 10.2 Å². The topological polar surface area (TPSA) is 79.9 Å². The van der Waals surface area contributed by atoms with Gasteiger partial charge in [0.05, 0.1) is 14.2 Å². The summed E-state index contributed by atoms with van der Waals surface area (Å²) in [6.45, 7) is 1.55. The van der Waals surface area contributed by atoms with E-state index in [1.807, 2.05) is 0 Å². The number of rotatable bonds is 7. The van der Waals surface area contributed by atoms with Crippen LogP contribution in [0.2, 0.25) is 0 Å². The minimum atomic E-state index is -0.295. The van der Waals surface area contributed by atoms with E-state index in [1.165, 1.54) is 12.1 Å². The molecule has 31 heavy (non-hydrogen) atoms. The Balaban J connectivity index is 1.43. The lowest BCUT2D eigenvalue weighted by Gasteiger charge is -2.31. The van der Waals surface area contributed by atoms with Crippen molar-refractivity contribution in [3.63, 3.8) is 0 Å². The van der Waals surface area contributed by atoms with Crippen molar-refractivity contribution < 1.29 is 23.5 Å². The highest BCUT2D eigenvalue weighted by atomic mass is 19.1. The highest BCUT2D eigenvalue weighted by molar-refractivity contribution is 5.90. The van der Waals surface area contributed by atoms with E-state index >= 15 is 0 Å². The molecular weight excluding hydrogens is 401 g/mol. The van der Waals surface area contributed by atoms with Gasteiger partial charge in [-0.1, -0.05) is 12.1 Å². The minimum absolute atomic E-state index is 0.0318. The Morgan fingerprint density at radius 1 is 1.03 bits per heavy atom. The molecule has 7 nitrogen and oxygen atoms in total. The molecule has 0 spiro atoms. The SMILES string of the molecule is COc1cc(NC(=O)N2CCC(CC(=O)NCc3ccc(F)cc3)CC2)cc(OC)c1. The molecule has 0 saturated carbocycles. The lowest BCUT2D eigenvalue weighted by molar-refractivity contribution is -0.122. The summed E-state index contributed by atoms with van der Waals surface area (Å²) < 4.78 is 23.4. The van der Waals surface area contributed by atoms with Crippen LogP contribution >= 0.6 is 0 Å². The van der Waals surface area contributed by atoms with Gasteiger partial charge >= 0.3 is 6.03 Å². The summed E-state index contributed by atoms with van der Waals surface area (Å²) in [7, 11) is 3.11. The van der Waals surface area contributed by atoms with Gasteiger partial charge in [-0.15, -0.1) is 0 Å². The van der Waals surface area contributed by atoms with Crippen LogP contribution in [0.1, 0.15) is 24.8 Å². The van der Waals surface area contributed by atoms with Gasteiger partial charge in [0.1, 0.15) is 17.3 Å². The van der Waals surface area contributed by atoms with Gasteiger partial charge in [0.15, 0.2) is 0 Å². The van der Waals surface area contributed by atoms with Crippen LogP contribution in [0.4, 0.5) is 14.9 Å². The van der Waals surface area contributed by atoms with E-state index in [2.05, 4.69) is 10.6 Å². The fourth-order valence-corrected chi connectivity index (χ4v) is 3.56. The molecule has 0 unspecified atom stereocenters. The normalized spacial score (nSPS) is 14.1. The number of anilines is 1. The molecule has 0 bridgehead atoms. The van der Waals surface area contributed by atoms with Crippen LogP contribution in [0.5, 0.6) is 11.5 Å². The molecule has 0 radical (unpaired) electrons. The molecule has 0 aliphatic carbocycles. The van der Waals surface area contributed by atoms with Gasteiger partial charge in [-0.3, -0.25) is 4.79 Å². The van der Waals surface area contributed by atoms with Crippen LogP contribution in [-0.4, -0.2) is 44.1 Å². The number of benzene rings is 2. The molecule has 1 heterocycles. The second-order valence-corrected chi connectivity index (χ2v) is 7.57. The lowest BCUT2D eigenvalue weighted by Crippen LogP contribution is -2.41. The zero-order valence-electron chi connectivity index (χ0n) is 17.8. The Bertz CT molecular complexity index is 874. The third-order valence-electron chi connectivity index (χ3n) is 5.38. The van der Waals surface area contributed by atoms with Gasteiger partial charge in [0.2, 0.25) is 5.91 Å². The molecule has 1 aliphatic heterocycles. The highest BCUT2D eigenvalue weighted by Gasteiger charge is 2.24. The van der Waals surface area contributed by atoms with Crippen molar-refractivity contribution in [2.24, 2.45) is 5.92 Å². The maximum atomic E-state index is 12.9. The molecule has 8 heteroatoms. The lowest BCUT2D eigenvalue weighted by atomic mass is 9.93. The molecule has 2 aromatic rings. The Hall–Kier alpha value is -3.29. The monoisotopic (exact) mass is 429 g/mol. The Morgan fingerprint density at radius 3 is 2.23 bits per heavy atom. The van der Waals surface area contributed by atoms with E-state index < -0.39 is 0 Å². The van der Waals surface area contributed by atoms with Crippen LogP contribution < -0.4 is 20.1 Å². The number of nitrogens with zero attached hydrogens (tertiary/aromatic N) is 1. The maximum absolute atomic E-state index is 12.9. The molecule has 1 aliphatic rings. The molecule has 0 atom stereocenters. The molecule has 166 valence electrons. The number of halogens is 1. The fourth-order valence-electron chi connectivity index (χ4n) is 3.56. The van der Waals surface area contributed by atoms with Gasteiger partial charge in [-0.2, -0.15) is 0 Å².